The van der Waals surface area contributed by atoms with E-state index in [1.54, 1.807) is 25.8 Å². The molecule has 0 fully saturated rings. The van der Waals surface area contributed by atoms with E-state index in [1.807, 2.05) is 24.5 Å². The van der Waals surface area contributed by atoms with E-state index < -0.39 is 11.9 Å². The SMILES string of the molecule is COc1cc(SC)ccc1C(C)C(=O)O. The summed E-state index contributed by atoms with van der Waals surface area (Å²) in [4.78, 5) is 11.9. The number of methoxy groups -OCH3 is 1. The third kappa shape index (κ3) is 2.65. The number of carbonyl (C=O) groups is 1. The average Bonchev–Trinajstić information content (AvgIpc) is 2.27. The van der Waals surface area contributed by atoms with Gasteiger partial charge in [0.15, 0.2) is 0 Å². The van der Waals surface area contributed by atoms with Crippen LogP contribution in [0, 0.1) is 0 Å². The molecular weight excluding hydrogens is 212 g/mol. The first-order chi connectivity index (χ1) is 7.10. The van der Waals surface area contributed by atoms with E-state index >= 15 is 0 Å². The molecule has 1 aromatic rings. The second-order valence-electron chi connectivity index (χ2n) is 3.17. The van der Waals surface area contributed by atoms with Crippen LogP contribution in [-0.4, -0.2) is 24.4 Å². The van der Waals surface area contributed by atoms with Crippen molar-refractivity contribution in [1.82, 2.24) is 0 Å². The molecule has 1 N–H and O–H groups in total. The fourth-order valence-corrected chi connectivity index (χ4v) is 1.74. The minimum absolute atomic E-state index is 0.546. The van der Waals surface area contributed by atoms with Crippen LogP contribution >= 0.6 is 11.8 Å². The number of carboxylic acids is 1. The molecule has 0 bridgehead atoms. The number of aliphatic carboxylic acids is 1. The highest BCUT2D eigenvalue weighted by Gasteiger charge is 2.18. The highest BCUT2D eigenvalue weighted by molar-refractivity contribution is 7.98. The number of benzene rings is 1. The molecule has 0 aliphatic carbocycles. The van der Waals surface area contributed by atoms with Crippen LogP contribution in [-0.2, 0) is 4.79 Å². The van der Waals surface area contributed by atoms with Crippen molar-refractivity contribution in [2.45, 2.75) is 17.7 Å². The number of carboxylic acid groups (broad SMARTS) is 1. The zero-order chi connectivity index (χ0) is 11.4. The average molecular weight is 226 g/mol. The van der Waals surface area contributed by atoms with Crippen LogP contribution in [0.2, 0.25) is 0 Å². The molecule has 1 aromatic carbocycles. The first-order valence-electron chi connectivity index (χ1n) is 4.55. The Balaban J connectivity index is 3.12. The maximum absolute atomic E-state index is 10.9. The van der Waals surface area contributed by atoms with Crippen LogP contribution in [0.4, 0.5) is 0 Å². The summed E-state index contributed by atoms with van der Waals surface area (Å²) in [6, 6.07) is 5.57. The highest BCUT2D eigenvalue weighted by atomic mass is 32.2. The lowest BCUT2D eigenvalue weighted by Gasteiger charge is -2.12. The predicted octanol–water partition coefficient (Wildman–Crippen LogP) is 2.61. The third-order valence-corrected chi connectivity index (χ3v) is 3.00. The largest absolute Gasteiger partial charge is 0.496 e. The molecule has 1 rings (SSSR count). The molecule has 3 nitrogen and oxygen atoms in total. The van der Waals surface area contributed by atoms with Crippen molar-refractivity contribution >= 4 is 17.7 Å². The number of hydrogen-bond acceptors (Lipinski definition) is 3. The Morgan fingerprint density at radius 2 is 2.20 bits per heavy atom. The molecule has 1 atom stereocenters. The molecule has 15 heavy (non-hydrogen) atoms. The number of ether oxygens (including phenoxy) is 1. The summed E-state index contributed by atoms with van der Waals surface area (Å²) in [6.45, 7) is 1.65. The van der Waals surface area contributed by atoms with Gasteiger partial charge in [0.2, 0.25) is 0 Å². The van der Waals surface area contributed by atoms with Crippen LogP contribution < -0.4 is 4.74 Å². The normalized spacial score (nSPS) is 12.2. The fraction of sp³-hybridized carbons (Fsp3) is 0.364. The monoisotopic (exact) mass is 226 g/mol. The summed E-state index contributed by atoms with van der Waals surface area (Å²) in [6.07, 6.45) is 1.97. The van der Waals surface area contributed by atoms with Gasteiger partial charge in [-0.15, -0.1) is 11.8 Å². The number of hydrogen-bond donors (Lipinski definition) is 1. The maximum atomic E-state index is 10.9. The molecule has 0 saturated carbocycles. The van der Waals surface area contributed by atoms with Crippen molar-refractivity contribution in [3.05, 3.63) is 23.8 Å². The van der Waals surface area contributed by atoms with E-state index in [2.05, 4.69) is 0 Å². The van der Waals surface area contributed by atoms with Gasteiger partial charge in [0.05, 0.1) is 13.0 Å². The maximum Gasteiger partial charge on any atom is 0.310 e. The van der Waals surface area contributed by atoms with Gasteiger partial charge in [0.25, 0.3) is 0 Å². The van der Waals surface area contributed by atoms with Crippen LogP contribution in [0.15, 0.2) is 23.1 Å². The van der Waals surface area contributed by atoms with E-state index in [0.717, 1.165) is 4.90 Å². The zero-order valence-electron chi connectivity index (χ0n) is 8.98. The second kappa shape index (κ2) is 5.07. The molecule has 0 radical (unpaired) electrons. The molecule has 0 spiro atoms. The van der Waals surface area contributed by atoms with E-state index in [4.69, 9.17) is 9.84 Å². The lowest BCUT2D eigenvalue weighted by atomic mass is 10.0. The van der Waals surface area contributed by atoms with Gasteiger partial charge in [-0.3, -0.25) is 4.79 Å². The van der Waals surface area contributed by atoms with E-state index in [-0.39, 0.29) is 0 Å². The van der Waals surface area contributed by atoms with Crippen molar-refractivity contribution < 1.29 is 14.6 Å². The van der Waals surface area contributed by atoms with E-state index in [9.17, 15) is 4.79 Å². The molecule has 82 valence electrons. The molecule has 1 unspecified atom stereocenters. The third-order valence-electron chi connectivity index (χ3n) is 2.28. The van der Waals surface area contributed by atoms with E-state index in [0.29, 0.717) is 11.3 Å². The topological polar surface area (TPSA) is 46.5 Å². The summed E-state index contributed by atoms with van der Waals surface area (Å²) in [7, 11) is 1.55. The van der Waals surface area contributed by atoms with Crippen LogP contribution in [0.3, 0.4) is 0 Å². The molecule has 0 saturated heterocycles. The summed E-state index contributed by atoms with van der Waals surface area (Å²) in [5.41, 5.74) is 0.711. The Labute approximate surface area is 93.4 Å². The van der Waals surface area contributed by atoms with Gasteiger partial charge < -0.3 is 9.84 Å². The molecular formula is C11H14O3S. The quantitative estimate of drug-likeness (QED) is 0.802. The molecule has 4 heteroatoms. The molecule has 0 aromatic heterocycles. The van der Waals surface area contributed by atoms with Gasteiger partial charge in [-0.05, 0) is 25.3 Å². The number of thioether (sulfide) groups is 1. The Kier molecular flexibility index (Phi) is 4.03. The van der Waals surface area contributed by atoms with Crippen LogP contribution in [0.5, 0.6) is 5.75 Å². The lowest BCUT2D eigenvalue weighted by molar-refractivity contribution is -0.138. The first-order valence-corrected chi connectivity index (χ1v) is 5.77. The van der Waals surface area contributed by atoms with Gasteiger partial charge >= 0.3 is 5.97 Å². The Morgan fingerprint density at radius 3 is 2.67 bits per heavy atom. The van der Waals surface area contributed by atoms with Gasteiger partial charge in [-0.1, -0.05) is 6.07 Å². The van der Waals surface area contributed by atoms with Gasteiger partial charge in [0.1, 0.15) is 5.75 Å². The fourth-order valence-electron chi connectivity index (χ4n) is 1.31. The summed E-state index contributed by atoms with van der Waals surface area (Å²) in [5.74, 6) is -0.752. The molecule has 0 aliphatic rings. The van der Waals surface area contributed by atoms with Crippen molar-refractivity contribution in [2.75, 3.05) is 13.4 Å². The van der Waals surface area contributed by atoms with Gasteiger partial charge in [0, 0.05) is 10.5 Å². The van der Waals surface area contributed by atoms with Gasteiger partial charge in [-0.2, -0.15) is 0 Å². The standard InChI is InChI=1S/C11H14O3S/c1-7(11(12)13)9-5-4-8(15-3)6-10(9)14-2/h4-7H,1-3H3,(H,12,13). The summed E-state index contributed by atoms with van der Waals surface area (Å²) < 4.78 is 5.18. The van der Waals surface area contributed by atoms with Crippen LogP contribution in [0.1, 0.15) is 18.4 Å². The van der Waals surface area contributed by atoms with Crippen molar-refractivity contribution in [1.29, 1.82) is 0 Å². The van der Waals surface area contributed by atoms with Crippen molar-refractivity contribution in [3.8, 4) is 5.75 Å². The lowest BCUT2D eigenvalue weighted by Crippen LogP contribution is -2.08. The summed E-state index contributed by atoms with van der Waals surface area (Å²) >= 11 is 1.60. The van der Waals surface area contributed by atoms with E-state index in [1.165, 1.54) is 0 Å². The van der Waals surface area contributed by atoms with Crippen LogP contribution in [0.25, 0.3) is 0 Å². The van der Waals surface area contributed by atoms with Gasteiger partial charge in [-0.25, -0.2) is 0 Å². The Hall–Kier alpha value is -1.16. The zero-order valence-corrected chi connectivity index (χ0v) is 9.80. The molecule has 0 amide bonds. The molecule has 0 aliphatic heterocycles. The Bertz CT molecular complexity index is 363. The smallest absolute Gasteiger partial charge is 0.310 e. The molecule has 0 heterocycles. The van der Waals surface area contributed by atoms with Crippen molar-refractivity contribution in [2.24, 2.45) is 0 Å². The Morgan fingerprint density at radius 1 is 1.53 bits per heavy atom. The summed E-state index contributed by atoms with van der Waals surface area (Å²) in [5, 5.41) is 8.92. The highest BCUT2D eigenvalue weighted by Crippen LogP contribution is 2.30. The minimum atomic E-state index is -0.842. The number of rotatable bonds is 4. The minimum Gasteiger partial charge on any atom is -0.496 e. The first kappa shape index (κ1) is 11.9. The van der Waals surface area contributed by atoms with Crippen molar-refractivity contribution in [3.63, 3.8) is 0 Å². The predicted molar refractivity (Wildman–Crippen MR) is 60.8 cm³/mol. The second-order valence-corrected chi connectivity index (χ2v) is 4.05.